The van der Waals surface area contributed by atoms with Crippen molar-refractivity contribution in [3.8, 4) is 16.9 Å². The molecule has 0 saturated heterocycles. The maximum Gasteiger partial charge on any atom is 0.199 e. The zero-order chi connectivity index (χ0) is 18.9. The molecule has 0 spiro atoms. The number of fused-ring (bicyclic) bond motifs is 1. The summed E-state index contributed by atoms with van der Waals surface area (Å²) in [5, 5.41) is 0. The van der Waals surface area contributed by atoms with Crippen LogP contribution in [0.1, 0.15) is 32.8 Å². The van der Waals surface area contributed by atoms with Crippen LogP contribution in [0.15, 0.2) is 30.5 Å². The van der Waals surface area contributed by atoms with Gasteiger partial charge in [0.25, 0.3) is 0 Å². The molecule has 0 saturated carbocycles. The highest BCUT2D eigenvalue weighted by molar-refractivity contribution is 5.90. The summed E-state index contributed by atoms with van der Waals surface area (Å²) in [6.45, 7) is 8.89. The second-order valence-corrected chi connectivity index (χ2v) is 7.70. The smallest absolute Gasteiger partial charge is 0.199 e. The van der Waals surface area contributed by atoms with E-state index < -0.39 is 0 Å². The van der Waals surface area contributed by atoms with Gasteiger partial charge in [-0.1, -0.05) is 19.9 Å². The zero-order valence-electron chi connectivity index (χ0n) is 15.8. The predicted molar refractivity (Wildman–Crippen MR) is 106 cm³/mol. The van der Waals surface area contributed by atoms with Crippen molar-refractivity contribution < 1.29 is 4.74 Å². The van der Waals surface area contributed by atoms with Crippen LogP contribution in [0.3, 0.4) is 0 Å². The monoisotopic (exact) mass is 353 g/mol. The van der Waals surface area contributed by atoms with Gasteiger partial charge in [0.2, 0.25) is 0 Å². The normalized spacial score (nSPS) is 13.9. The number of nitrogens with one attached hydrogen (secondary N) is 1. The van der Waals surface area contributed by atoms with Crippen molar-refractivity contribution in [1.29, 1.82) is 0 Å². The summed E-state index contributed by atoms with van der Waals surface area (Å²) >= 11 is 0. The van der Waals surface area contributed by atoms with Crippen LogP contribution < -0.4 is 16.2 Å². The number of benzene rings is 1. The Morgan fingerprint density at radius 2 is 2.04 bits per heavy atom. The van der Waals surface area contributed by atoms with Crippen LogP contribution >= 0.6 is 0 Å². The quantitative estimate of drug-likeness (QED) is 0.627. The molecule has 6 heteroatoms. The summed E-state index contributed by atoms with van der Waals surface area (Å²) in [4.78, 5) is 11.6. The van der Waals surface area contributed by atoms with E-state index in [-0.39, 0.29) is 5.54 Å². The summed E-state index contributed by atoms with van der Waals surface area (Å²) < 4.78 is 6.01. The third-order valence-electron chi connectivity index (χ3n) is 4.32. The number of nitrogens with zero attached hydrogens (tertiary/aromatic N) is 2. The molecule has 6 nitrogen and oxygen atoms in total. The van der Waals surface area contributed by atoms with Crippen LogP contribution in [0.25, 0.3) is 22.3 Å². The van der Waals surface area contributed by atoms with Gasteiger partial charge in [-0.25, -0.2) is 9.97 Å². The molecule has 0 aliphatic rings. The number of pyridine rings is 1. The van der Waals surface area contributed by atoms with Crippen molar-refractivity contribution in [3.05, 3.63) is 36.0 Å². The lowest BCUT2D eigenvalue weighted by Crippen LogP contribution is -2.43. The molecule has 2 heterocycles. The van der Waals surface area contributed by atoms with Crippen LogP contribution in [-0.4, -0.2) is 27.1 Å². The maximum absolute atomic E-state index is 6.35. The third kappa shape index (κ3) is 3.96. The molecule has 0 radical (unpaired) electrons. The Morgan fingerprint density at radius 1 is 1.27 bits per heavy atom. The molecule has 26 heavy (non-hydrogen) atoms. The molecule has 0 aliphatic heterocycles. The molecule has 1 atom stereocenters. The molecular formula is C20H27N5O. The minimum absolute atomic E-state index is 0.344. The molecule has 0 amide bonds. The molecule has 0 aliphatic carbocycles. The van der Waals surface area contributed by atoms with E-state index in [1.54, 1.807) is 6.20 Å². The van der Waals surface area contributed by atoms with E-state index >= 15 is 0 Å². The van der Waals surface area contributed by atoms with Crippen molar-refractivity contribution in [2.24, 2.45) is 11.7 Å². The molecule has 5 N–H and O–H groups in total. The second-order valence-electron chi connectivity index (χ2n) is 7.70. The van der Waals surface area contributed by atoms with Crippen LogP contribution in [0, 0.1) is 12.8 Å². The minimum Gasteiger partial charge on any atom is -0.491 e. The molecule has 0 fully saturated rings. The fourth-order valence-electron chi connectivity index (χ4n) is 3.37. The SMILES string of the molecule is Cc1cc(-c2ccnc3[nH]c(N)nc23)ccc1OCC(C)(N)CC(C)C. The Labute approximate surface area is 154 Å². The Hall–Kier alpha value is -2.60. The van der Waals surface area contributed by atoms with E-state index in [1.165, 1.54) is 0 Å². The first-order chi connectivity index (χ1) is 12.2. The number of aryl methyl sites for hydroxylation is 1. The highest BCUT2D eigenvalue weighted by atomic mass is 16.5. The highest BCUT2D eigenvalue weighted by Gasteiger charge is 2.21. The first-order valence-corrected chi connectivity index (χ1v) is 8.88. The first-order valence-electron chi connectivity index (χ1n) is 8.88. The van der Waals surface area contributed by atoms with Gasteiger partial charge in [0.15, 0.2) is 11.6 Å². The Kier molecular flexibility index (Phi) is 4.87. The van der Waals surface area contributed by atoms with Crippen molar-refractivity contribution in [3.63, 3.8) is 0 Å². The Morgan fingerprint density at radius 3 is 2.73 bits per heavy atom. The fraction of sp³-hybridized carbons (Fsp3) is 0.400. The van der Waals surface area contributed by atoms with Gasteiger partial charge in [-0.2, -0.15) is 0 Å². The fourth-order valence-corrected chi connectivity index (χ4v) is 3.37. The summed E-state index contributed by atoms with van der Waals surface area (Å²) in [6, 6.07) is 8.04. The van der Waals surface area contributed by atoms with Gasteiger partial charge in [0.05, 0.1) is 0 Å². The number of hydrogen-bond donors (Lipinski definition) is 3. The summed E-state index contributed by atoms with van der Waals surface area (Å²) in [5.74, 6) is 1.75. The van der Waals surface area contributed by atoms with Crippen molar-refractivity contribution in [2.75, 3.05) is 12.3 Å². The standard InChI is InChI=1S/C20H27N5O/c1-12(2)10-20(4,22)11-26-16-6-5-14(9-13(16)3)15-7-8-23-18-17(15)24-19(21)25-18/h5-9,12H,10-11,22H2,1-4H3,(H3,21,23,24,25). The number of imidazole rings is 1. The predicted octanol–water partition coefficient (Wildman–Crippen LogP) is 3.66. The van der Waals surface area contributed by atoms with Gasteiger partial charge in [0, 0.05) is 17.3 Å². The number of nitrogen functional groups attached to an aromatic ring is 1. The number of H-pyrrole nitrogens is 1. The highest BCUT2D eigenvalue weighted by Crippen LogP contribution is 2.30. The van der Waals surface area contributed by atoms with Crippen LogP contribution in [0.5, 0.6) is 5.75 Å². The van der Waals surface area contributed by atoms with E-state index in [0.717, 1.165) is 34.4 Å². The van der Waals surface area contributed by atoms with Gasteiger partial charge >= 0.3 is 0 Å². The number of ether oxygens (including phenoxy) is 1. The van der Waals surface area contributed by atoms with Crippen molar-refractivity contribution in [1.82, 2.24) is 15.0 Å². The van der Waals surface area contributed by atoms with Gasteiger partial charge in [0.1, 0.15) is 17.9 Å². The van der Waals surface area contributed by atoms with Gasteiger partial charge < -0.3 is 21.2 Å². The molecule has 1 aromatic carbocycles. The lowest BCUT2D eigenvalue weighted by atomic mass is 9.93. The lowest BCUT2D eigenvalue weighted by molar-refractivity contribution is 0.206. The molecule has 3 rings (SSSR count). The zero-order valence-corrected chi connectivity index (χ0v) is 15.8. The number of nitrogens with two attached hydrogens (primary N) is 2. The van der Waals surface area contributed by atoms with E-state index in [4.69, 9.17) is 16.2 Å². The maximum atomic E-state index is 6.35. The summed E-state index contributed by atoms with van der Waals surface area (Å²) in [5.41, 5.74) is 16.3. The molecule has 1 unspecified atom stereocenters. The van der Waals surface area contributed by atoms with Gasteiger partial charge in [-0.3, -0.25) is 0 Å². The third-order valence-corrected chi connectivity index (χ3v) is 4.32. The molecule has 2 aromatic heterocycles. The van der Waals surface area contributed by atoms with Crippen molar-refractivity contribution >= 4 is 17.1 Å². The number of aromatic nitrogens is 3. The Bertz CT molecular complexity index is 914. The lowest BCUT2D eigenvalue weighted by Gasteiger charge is -2.27. The number of hydrogen-bond acceptors (Lipinski definition) is 5. The molecule has 138 valence electrons. The van der Waals surface area contributed by atoms with Crippen LogP contribution in [0.2, 0.25) is 0 Å². The van der Waals surface area contributed by atoms with Crippen LogP contribution in [0.4, 0.5) is 5.95 Å². The van der Waals surface area contributed by atoms with Crippen molar-refractivity contribution in [2.45, 2.75) is 39.7 Å². The van der Waals surface area contributed by atoms with E-state index in [1.807, 2.05) is 32.0 Å². The Balaban J connectivity index is 1.83. The average Bonchev–Trinajstić information content (AvgIpc) is 2.92. The molecule has 0 bridgehead atoms. The van der Waals surface area contributed by atoms with E-state index in [2.05, 4.69) is 34.9 Å². The van der Waals surface area contributed by atoms with Crippen LogP contribution in [-0.2, 0) is 0 Å². The first kappa shape index (κ1) is 18.2. The number of aromatic amines is 1. The van der Waals surface area contributed by atoms with Gasteiger partial charge in [-0.15, -0.1) is 0 Å². The second kappa shape index (κ2) is 6.96. The minimum atomic E-state index is -0.344. The molecule has 3 aromatic rings. The molecular weight excluding hydrogens is 326 g/mol. The summed E-state index contributed by atoms with van der Waals surface area (Å²) in [6.07, 6.45) is 2.67. The largest absolute Gasteiger partial charge is 0.491 e. The van der Waals surface area contributed by atoms with E-state index in [0.29, 0.717) is 24.1 Å². The summed E-state index contributed by atoms with van der Waals surface area (Å²) in [7, 11) is 0. The van der Waals surface area contributed by atoms with E-state index in [9.17, 15) is 0 Å². The average molecular weight is 353 g/mol. The van der Waals surface area contributed by atoms with Gasteiger partial charge in [-0.05, 0) is 55.5 Å². The number of rotatable bonds is 6. The number of anilines is 1. The topological polar surface area (TPSA) is 103 Å².